The van der Waals surface area contributed by atoms with Crippen molar-refractivity contribution in [2.24, 2.45) is 0 Å². The summed E-state index contributed by atoms with van der Waals surface area (Å²) in [6.45, 7) is 5.12. The smallest absolute Gasteiger partial charge is 0.0892 e. The largest absolute Gasteiger partial charge is 0.371 e. The van der Waals surface area contributed by atoms with E-state index in [1.165, 1.54) is 19.5 Å². The molecule has 0 saturated carbocycles. The monoisotopic (exact) mass is 264 g/mol. The summed E-state index contributed by atoms with van der Waals surface area (Å²) in [5.41, 5.74) is 2.11. The number of likely N-dealkylation sites (tertiary alicyclic amines) is 1. The molecule has 1 spiro atoms. The highest BCUT2D eigenvalue weighted by atomic mass is 32.2. The van der Waals surface area contributed by atoms with Crippen LogP contribution in [0.2, 0.25) is 0 Å². The van der Waals surface area contributed by atoms with E-state index in [1.807, 2.05) is 25.1 Å². The number of aromatic nitrogens is 1. The van der Waals surface area contributed by atoms with Gasteiger partial charge in [0.2, 0.25) is 0 Å². The first-order valence-electron chi connectivity index (χ1n) is 6.52. The van der Waals surface area contributed by atoms with Gasteiger partial charge in [-0.1, -0.05) is 6.07 Å². The highest BCUT2D eigenvalue weighted by Gasteiger charge is 2.47. The third-order valence-electron chi connectivity index (χ3n) is 3.70. The lowest BCUT2D eigenvalue weighted by atomic mass is 9.94. The predicted molar refractivity (Wildman–Crippen MR) is 74.9 cm³/mol. The molecule has 18 heavy (non-hydrogen) atoms. The van der Waals surface area contributed by atoms with Gasteiger partial charge >= 0.3 is 0 Å². The summed E-state index contributed by atoms with van der Waals surface area (Å²) < 4.78 is 6.51. The van der Waals surface area contributed by atoms with Gasteiger partial charge in [0.05, 0.1) is 18.4 Å². The Morgan fingerprint density at radius 2 is 2.33 bits per heavy atom. The third-order valence-corrected chi connectivity index (χ3v) is 5.28. The molecule has 3 nitrogen and oxygen atoms in total. The Morgan fingerprint density at radius 1 is 1.50 bits per heavy atom. The average molecular weight is 264 g/mol. The highest BCUT2D eigenvalue weighted by Crippen LogP contribution is 2.45. The van der Waals surface area contributed by atoms with E-state index in [9.17, 15) is 0 Å². The van der Waals surface area contributed by atoms with Gasteiger partial charge in [0.1, 0.15) is 0 Å². The van der Waals surface area contributed by atoms with Crippen molar-refractivity contribution in [3.8, 4) is 0 Å². The van der Waals surface area contributed by atoms with E-state index in [1.54, 1.807) is 0 Å². The fourth-order valence-electron chi connectivity index (χ4n) is 2.95. The minimum Gasteiger partial charge on any atom is -0.371 e. The molecule has 2 saturated heterocycles. The molecule has 0 bridgehead atoms. The van der Waals surface area contributed by atoms with Crippen LogP contribution in [0.4, 0.5) is 0 Å². The van der Waals surface area contributed by atoms with Crippen LogP contribution in [0.1, 0.15) is 17.8 Å². The van der Waals surface area contributed by atoms with E-state index in [0.29, 0.717) is 17.5 Å². The Labute approximate surface area is 113 Å². The zero-order chi connectivity index (χ0) is 12.6. The van der Waals surface area contributed by atoms with Crippen LogP contribution in [0.3, 0.4) is 0 Å². The van der Waals surface area contributed by atoms with E-state index in [2.05, 4.69) is 28.7 Å². The molecule has 0 amide bonds. The SMILES string of the molecule is Cc1cccc(COC2CSC3(C2)CN(C)C3)n1. The van der Waals surface area contributed by atoms with Gasteiger partial charge in [-0.3, -0.25) is 4.98 Å². The molecule has 1 aromatic rings. The molecule has 1 unspecified atom stereocenters. The maximum absolute atomic E-state index is 6.01. The maximum Gasteiger partial charge on any atom is 0.0892 e. The van der Waals surface area contributed by atoms with Gasteiger partial charge in [-0.25, -0.2) is 0 Å². The van der Waals surface area contributed by atoms with Gasteiger partial charge in [-0.2, -0.15) is 0 Å². The van der Waals surface area contributed by atoms with E-state index in [4.69, 9.17) is 4.74 Å². The number of hydrogen-bond donors (Lipinski definition) is 0. The first kappa shape index (κ1) is 12.5. The van der Waals surface area contributed by atoms with E-state index >= 15 is 0 Å². The van der Waals surface area contributed by atoms with E-state index in [0.717, 1.165) is 17.1 Å². The number of thioether (sulfide) groups is 1. The van der Waals surface area contributed by atoms with Crippen molar-refractivity contribution < 1.29 is 4.74 Å². The van der Waals surface area contributed by atoms with Crippen molar-refractivity contribution in [3.63, 3.8) is 0 Å². The average Bonchev–Trinajstić information content (AvgIpc) is 2.70. The van der Waals surface area contributed by atoms with Crippen molar-refractivity contribution in [1.29, 1.82) is 0 Å². The van der Waals surface area contributed by atoms with Crippen molar-refractivity contribution in [3.05, 3.63) is 29.6 Å². The Kier molecular flexibility index (Phi) is 3.34. The molecular formula is C14H20N2OS. The van der Waals surface area contributed by atoms with Crippen molar-refractivity contribution in [2.45, 2.75) is 30.8 Å². The summed E-state index contributed by atoms with van der Waals surface area (Å²) in [5.74, 6) is 1.14. The molecule has 1 aromatic heterocycles. The van der Waals surface area contributed by atoms with Crippen LogP contribution in [0, 0.1) is 6.92 Å². The van der Waals surface area contributed by atoms with Crippen LogP contribution in [0.15, 0.2) is 18.2 Å². The Balaban J connectivity index is 1.50. The molecule has 0 aliphatic carbocycles. The fourth-order valence-corrected chi connectivity index (χ4v) is 4.63. The molecule has 4 heteroatoms. The normalized spacial score (nSPS) is 26.4. The molecular weight excluding hydrogens is 244 g/mol. The van der Waals surface area contributed by atoms with Crippen molar-refractivity contribution in [1.82, 2.24) is 9.88 Å². The standard InChI is InChI=1S/C14H20N2OS/c1-11-4-3-5-12(15-11)7-17-13-6-14(18-8-13)9-16(2)10-14/h3-5,13H,6-10H2,1-2H3. The molecule has 2 fully saturated rings. The number of rotatable bonds is 3. The van der Waals surface area contributed by atoms with Crippen LogP contribution in [0.5, 0.6) is 0 Å². The maximum atomic E-state index is 6.01. The second kappa shape index (κ2) is 4.83. The highest BCUT2D eigenvalue weighted by molar-refractivity contribution is 8.01. The fraction of sp³-hybridized carbons (Fsp3) is 0.643. The minimum atomic E-state index is 0.408. The predicted octanol–water partition coefficient (Wildman–Crippen LogP) is 2.10. The summed E-state index contributed by atoms with van der Waals surface area (Å²) in [6.07, 6.45) is 1.61. The third kappa shape index (κ3) is 2.56. The summed E-state index contributed by atoms with van der Waals surface area (Å²) in [6, 6.07) is 6.11. The summed E-state index contributed by atoms with van der Waals surface area (Å²) in [5, 5.41) is 0. The van der Waals surface area contributed by atoms with Gasteiger partial charge in [-0.15, -0.1) is 11.8 Å². The van der Waals surface area contributed by atoms with Crippen molar-refractivity contribution >= 4 is 11.8 Å². The molecule has 3 heterocycles. The Hall–Kier alpha value is -0.580. The Morgan fingerprint density at radius 3 is 3.06 bits per heavy atom. The van der Waals surface area contributed by atoms with Crippen molar-refractivity contribution in [2.75, 3.05) is 25.9 Å². The number of ether oxygens (including phenoxy) is 1. The van der Waals surface area contributed by atoms with Gasteiger partial charge in [0, 0.05) is 29.3 Å². The zero-order valence-corrected chi connectivity index (χ0v) is 11.9. The molecule has 0 N–H and O–H groups in total. The molecule has 3 rings (SSSR count). The second-order valence-electron chi connectivity index (χ2n) is 5.57. The van der Waals surface area contributed by atoms with Gasteiger partial charge in [0.15, 0.2) is 0 Å². The number of aryl methyl sites for hydroxylation is 1. The molecule has 2 aliphatic heterocycles. The van der Waals surface area contributed by atoms with Crippen LogP contribution in [-0.2, 0) is 11.3 Å². The summed E-state index contributed by atoms with van der Waals surface area (Å²) >= 11 is 2.09. The van der Waals surface area contributed by atoms with Crippen LogP contribution < -0.4 is 0 Å². The molecule has 98 valence electrons. The molecule has 1 atom stereocenters. The molecule has 0 aromatic carbocycles. The molecule has 2 aliphatic rings. The quantitative estimate of drug-likeness (QED) is 0.835. The first-order valence-corrected chi connectivity index (χ1v) is 7.50. The minimum absolute atomic E-state index is 0.408. The van der Waals surface area contributed by atoms with Gasteiger partial charge in [0.25, 0.3) is 0 Å². The lowest BCUT2D eigenvalue weighted by Gasteiger charge is -2.45. The van der Waals surface area contributed by atoms with Crippen LogP contribution >= 0.6 is 11.8 Å². The van der Waals surface area contributed by atoms with E-state index < -0.39 is 0 Å². The number of nitrogens with zero attached hydrogens (tertiary/aromatic N) is 2. The summed E-state index contributed by atoms with van der Waals surface area (Å²) in [4.78, 5) is 6.86. The lowest BCUT2D eigenvalue weighted by Crippen LogP contribution is -2.56. The Bertz CT molecular complexity index is 432. The first-order chi connectivity index (χ1) is 8.65. The molecule has 0 radical (unpaired) electrons. The number of hydrogen-bond acceptors (Lipinski definition) is 4. The van der Waals surface area contributed by atoms with Crippen LogP contribution in [-0.4, -0.2) is 46.6 Å². The van der Waals surface area contributed by atoms with Gasteiger partial charge in [-0.05, 0) is 32.5 Å². The van der Waals surface area contributed by atoms with Crippen LogP contribution in [0.25, 0.3) is 0 Å². The topological polar surface area (TPSA) is 25.4 Å². The second-order valence-corrected chi connectivity index (χ2v) is 7.06. The summed E-state index contributed by atoms with van der Waals surface area (Å²) in [7, 11) is 2.19. The van der Waals surface area contributed by atoms with Gasteiger partial charge < -0.3 is 9.64 Å². The zero-order valence-electron chi connectivity index (χ0n) is 11.1. The van der Waals surface area contributed by atoms with E-state index in [-0.39, 0.29) is 0 Å². The number of pyridine rings is 1. The lowest BCUT2D eigenvalue weighted by molar-refractivity contribution is 0.0316.